The minimum absolute atomic E-state index is 0. The fourth-order valence-corrected chi connectivity index (χ4v) is 6.54. The van der Waals surface area contributed by atoms with E-state index in [1.807, 2.05) is 22.9 Å². The number of likely N-dealkylation sites (N-methyl/N-ethyl adjacent to an activating group) is 1. The van der Waals surface area contributed by atoms with Gasteiger partial charge in [0, 0.05) is 20.0 Å². The second-order valence-corrected chi connectivity index (χ2v) is 9.89. The first-order valence-corrected chi connectivity index (χ1v) is 11.1. The molecule has 2 aromatic rings. The summed E-state index contributed by atoms with van der Waals surface area (Å²) in [4.78, 5) is 14.3. The van der Waals surface area contributed by atoms with Crippen molar-refractivity contribution in [2.45, 2.75) is 48.8 Å². The maximum Gasteiger partial charge on any atom is 0.349 e. The number of nitrogens with zero attached hydrogens (tertiary/aromatic N) is 1. The molecule has 5 atom stereocenters. The van der Waals surface area contributed by atoms with Crippen molar-refractivity contribution in [3.8, 4) is 0 Å². The number of halogens is 1. The highest BCUT2D eigenvalue weighted by Gasteiger charge is 2.71. The number of piperidine rings is 1. The molecular weight excluding hydrogens is 478 g/mol. The highest BCUT2D eigenvalue weighted by atomic mass is 79.9. The van der Waals surface area contributed by atoms with Gasteiger partial charge in [-0.25, -0.2) is 4.79 Å². The van der Waals surface area contributed by atoms with Gasteiger partial charge in [-0.1, -0.05) is 12.1 Å². The van der Waals surface area contributed by atoms with Crippen LogP contribution in [0.4, 0.5) is 0 Å². The minimum atomic E-state index is -1.72. The Morgan fingerprint density at radius 3 is 2.00 bits per heavy atom. The van der Waals surface area contributed by atoms with Crippen LogP contribution in [-0.2, 0) is 19.9 Å². The number of carbonyl (C=O) groups excluding carboxylic acids is 1. The topological polar surface area (TPSA) is 79.3 Å². The second-order valence-electron chi connectivity index (χ2n) is 7.99. The molecule has 3 saturated heterocycles. The molecule has 3 aliphatic heterocycles. The molecule has 2 aromatic heterocycles. The normalized spacial score (nSPS) is 31.0. The van der Waals surface area contributed by atoms with E-state index in [4.69, 9.17) is 14.6 Å². The Hall–Kier alpha value is -0.810. The van der Waals surface area contributed by atoms with Crippen molar-refractivity contribution in [2.75, 3.05) is 21.2 Å². The van der Waals surface area contributed by atoms with Gasteiger partial charge in [0.05, 0.1) is 23.8 Å². The Morgan fingerprint density at radius 2 is 1.59 bits per heavy atom. The zero-order valence-corrected chi connectivity index (χ0v) is 19.7. The number of carbonyl (C=O) groups is 1. The Balaban J connectivity index is 0.000000778. The average Bonchev–Trinajstić information content (AvgIpc) is 3.06. The van der Waals surface area contributed by atoms with Crippen LogP contribution < -0.4 is 17.0 Å². The molecule has 2 bridgehead atoms. The molecule has 6 nitrogen and oxygen atoms in total. The minimum Gasteiger partial charge on any atom is -1.00 e. The number of epoxide rings is 1. The summed E-state index contributed by atoms with van der Waals surface area (Å²) in [6.07, 6.45) is 2.05. The van der Waals surface area contributed by atoms with Crippen LogP contribution in [0.5, 0.6) is 0 Å². The molecule has 0 aliphatic carbocycles. The van der Waals surface area contributed by atoms with Crippen molar-refractivity contribution in [2.24, 2.45) is 0 Å². The smallest absolute Gasteiger partial charge is 0.349 e. The van der Waals surface area contributed by atoms with Crippen molar-refractivity contribution in [1.29, 1.82) is 0 Å². The highest BCUT2D eigenvalue weighted by Crippen LogP contribution is 2.52. The van der Waals surface area contributed by atoms with Crippen LogP contribution in [0.2, 0.25) is 0 Å². The average molecular weight is 504 g/mol. The van der Waals surface area contributed by atoms with Crippen molar-refractivity contribution in [3.63, 3.8) is 0 Å². The number of thiophene rings is 2. The van der Waals surface area contributed by atoms with E-state index < -0.39 is 11.6 Å². The van der Waals surface area contributed by atoms with Crippen LogP contribution in [0, 0.1) is 0 Å². The van der Waals surface area contributed by atoms with Crippen LogP contribution in [0.25, 0.3) is 0 Å². The Kier molecular flexibility index (Phi) is 6.60. The van der Waals surface area contributed by atoms with Gasteiger partial charge in [-0.3, -0.25) is 0 Å². The molecule has 0 saturated carbocycles. The van der Waals surface area contributed by atoms with E-state index in [1.54, 1.807) is 12.1 Å². The standard InChI is InChI=1S/C19H22NO4S2.CH4O.BrH/c1-20(2)12-9-11(10-13(20)17-16(12)24-17)23-18(21)19(22,14-5-3-7-25-14)15-6-4-8-26-15;1-2;/h3-8,11-13,16-17,22H,9-10H2,1-2H3;2H,1H3;1H/q+1;;/p-1/t11?,12-,13+,16-,17+;;. The van der Waals surface area contributed by atoms with Gasteiger partial charge in [0.2, 0.25) is 5.60 Å². The number of morpholine rings is 1. The van der Waals surface area contributed by atoms with Crippen molar-refractivity contribution < 1.29 is 45.9 Å². The Morgan fingerprint density at radius 1 is 1.10 bits per heavy atom. The van der Waals surface area contributed by atoms with E-state index in [9.17, 15) is 9.90 Å². The number of quaternary nitrogens is 1. The fourth-order valence-electron chi connectivity index (χ4n) is 4.83. The van der Waals surface area contributed by atoms with Gasteiger partial charge in [-0.05, 0) is 22.9 Å². The van der Waals surface area contributed by atoms with Gasteiger partial charge >= 0.3 is 5.97 Å². The predicted molar refractivity (Wildman–Crippen MR) is 107 cm³/mol. The number of esters is 1. The maximum atomic E-state index is 13.1. The van der Waals surface area contributed by atoms with Crippen molar-refractivity contribution in [3.05, 3.63) is 44.8 Å². The summed E-state index contributed by atoms with van der Waals surface area (Å²) in [5.41, 5.74) is -1.72. The van der Waals surface area contributed by atoms with E-state index in [-0.39, 0.29) is 23.1 Å². The van der Waals surface area contributed by atoms with E-state index in [0.717, 1.165) is 24.4 Å². The lowest BCUT2D eigenvalue weighted by molar-refractivity contribution is -0.938. The number of fused-ring (bicyclic) bond motifs is 5. The van der Waals surface area contributed by atoms with E-state index in [0.29, 0.717) is 34.0 Å². The summed E-state index contributed by atoms with van der Waals surface area (Å²) >= 11 is 2.74. The number of hydrogen-bond acceptors (Lipinski definition) is 7. The lowest BCUT2D eigenvalue weighted by atomic mass is 9.95. The zero-order chi connectivity index (χ0) is 20.1. The number of rotatable bonds is 4. The lowest BCUT2D eigenvalue weighted by Gasteiger charge is -2.45. The predicted octanol–water partition coefficient (Wildman–Crippen LogP) is -1.04. The van der Waals surface area contributed by atoms with Crippen molar-refractivity contribution in [1.82, 2.24) is 0 Å². The van der Waals surface area contributed by atoms with E-state index in [2.05, 4.69) is 14.1 Å². The summed E-state index contributed by atoms with van der Waals surface area (Å²) in [7, 11) is 5.49. The molecule has 0 radical (unpaired) electrons. The third-order valence-corrected chi connectivity index (χ3v) is 8.32. The quantitative estimate of drug-likeness (QED) is 0.316. The molecule has 3 fully saturated rings. The number of ether oxygens (including phenoxy) is 2. The summed E-state index contributed by atoms with van der Waals surface area (Å²) in [5, 5.41) is 22.1. The Bertz CT molecular complexity index is 772. The van der Waals surface area contributed by atoms with Crippen LogP contribution in [0.15, 0.2) is 35.0 Å². The molecule has 160 valence electrons. The van der Waals surface area contributed by atoms with Gasteiger partial charge in [0.25, 0.3) is 0 Å². The Labute approximate surface area is 189 Å². The second kappa shape index (κ2) is 8.37. The SMILES string of the molecule is CO.C[N+]1(C)[C@@H]2CC(OC(=O)C(O)(c3cccs3)c3cccs3)C[C@H]1[C@@H]1O[C@@H]12.[Br-]. The number of hydrogen-bond donors (Lipinski definition) is 2. The van der Waals surface area contributed by atoms with Gasteiger partial charge in [-0.15, -0.1) is 22.7 Å². The summed E-state index contributed by atoms with van der Waals surface area (Å²) in [6.45, 7) is 0. The first-order chi connectivity index (χ1) is 13.4. The molecule has 9 heteroatoms. The molecule has 29 heavy (non-hydrogen) atoms. The molecule has 0 aromatic carbocycles. The maximum absolute atomic E-state index is 13.1. The molecule has 5 rings (SSSR count). The van der Waals surface area contributed by atoms with Crippen molar-refractivity contribution >= 4 is 28.6 Å². The fraction of sp³-hybridized carbons (Fsp3) is 0.550. The summed E-state index contributed by atoms with van der Waals surface area (Å²) in [5.74, 6) is -0.561. The lowest BCUT2D eigenvalue weighted by Crippen LogP contribution is -3.00. The monoisotopic (exact) mass is 503 g/mol. The van der Waals surface area contributed by atoms with Crippen LogP contribution >= 0.6 is 22.7 Å². The highest BCUT2D eigenvalue weighted by molar-refractivity contribution is 7.12. The largest absolute Gasteiger partial charge is 1.00 e. The van der Waals surface area contributed by atoms with E-state index in [1.165, 1.54) is 22.7 Å². The molecule has 0 spiro atoms. The molecular formula is C20H26BrNO5S2. The summed E-state index contributed by atoms with van der Waals surface area (Å²) < 4.78 is 12.6. The van der Waals surface area contributed by atoms with E-state index >= 15 is 0 Å². The molecule has 0 amide bonds. The number of aliphatic hydroxyl groups excluding tert-OH is 1. The molecule has 1 unspecified atom stereocenters. The molecule has 2 N–H and O–H groups in total. The van der Waals surface area contributed by atoms with Gasteiger partial charge in [-0.2, -0.15) is 0 Å². The van der Waals surface area contributed by atoms with Crippen LogP contribution in [0.1, 0.15) is 22.6 Å². The zero-order valence-electron chi connectivity index (χ0n) is 16.5. The van der Waals surface area contributed by atoms with Gasteiger partial charge in [0.15, 0.2) is 0 Å². The number of aliphatic hydroxyl groups is 2. The molecule has 5 heterocycles. The van der Waals surface area contributed by atoms with Crippen LogP contribution in [0.3, 0.4) is 0 Å². The molecule has 3 aliphatic rings. The third-order valence-electron chi connectivity index (χ3n) is 6.36. The first kappa shape index (κ1) is 22.9. The first-order valence-electron chi connectivity index (χ1n) is 9.37. The third kappa shape index (κ3) is 3.60. The van der Waals surface area contributed by atoms with Gasteiger partial charge in [0.1, 0.15) is 30.4 Å². The van der Waals surface area contributed by atoms with Gasteiger partial charge < -0.3 is 41.2 Å². The van der Waals surface area contributed by atoms with Crippen LogP contribution in [-0.4, -0.2) is 72.3 Å². The summed E-state index contributed by atoms with van der Waals surface area (Å²) in [6, 6.07) is 8.01.